The maximum Gasteiger partial charge on any atom is 0.336 e. The van der Waals surface area contributed by atoms with Gasteiger partial charge in [-0.15, -0.1) is 0 Å². The molecule has 0 spiro atoms. The van der Waals surface area contributed by atoms with Crippen LogP contribution in [0.4, 0.5) is 10.5 Å². The van der Waals surface area contributed by atoms with Gasteiger partial charge in [0.05, 0.1) is 6.54 Å². The third-order valence-corrected chi connectivity index (χ3v) is 5.82. The van der Waals surface area contributed by atoms with E-state index >= 15 is 0 Å². The van der Waals surface area contributed by atoms with Crippen LogP contribution in [-0.2, 0) is 28.1 Å². The van der Waals surface area contributed by atoms with Gasteiger partial charge in [0.25, 0.3) is 5.91 Å². The Kier molecular flexibility index (Phi) is 5.76. The van der Waals surface area contributed by atoms with E-state index in [1.54, 1.807) is 19.1 Å². The number of fused-ring (bicyclic) bond motifs is 1. The fourth-order valence-corrected chi connectivity index (χ4v) is 4.14. The van der Waals surface area contributed by atoms with Gasteiger partial charge in [0, 0.05) is 30.1 Å². The summed E-state index contributed by atoms with van der Waals surface area (Å²) in [5.74, 6) is -0.652. The van der Waals surface area contributed by atoms with Crippen molar-refractivity contribution >= 4 is 34.5 Å². The lowest BCUT2D eigenvalue weighted by Crippen LogP contribution is -2.40. The molecule has 170 valence electrons. The highest BCUT2D eigenvalue weighted by Crippen LogP contribution is 2.31. The number of amides is 4. The van der Waals surface area contributed by atoms with E-state index in [0.29, 0.717) is 22.2 Å². The molecule has 2 aromatic carbocycles. The molecular formula is C25H25N3O5. The maximum atomic E-state index is 13.3. The third-order valence-electron chi connectivity index (χ3n) is 5.82. The minimum Gasteiger partial charge on any atom is -0.423 e. The number of carbonyl (C=O) groups is 3. The topological polar surface area (TPSA) is 109 Å². The summed E-state index contributed by atoms with van der Waals surface area (Å²) in [6.45, 7) is 5.07. The fraction of sp³-hybridized carbons (Fsp3) is 0.280. The number of hydrogen-bond donors (Lipinski definition) is 2. The van der Waals surface area contributed by atoms with Gasteiger partial charge in [-0.25, -0.2) is 9.59 Å². The average molecular weight is 447 g/mol. The van der Waals surface area contributed by atoms with Gasteiger partial charge in [0.1, 0.15) is 11.1 Å². The SMILES string of the molecule is CCCc1ccc(C2(C)NC(=O)N(Cc3cc(=O)oc4cc(NC(C)=O)ccc34)C2=O)cc1. The highest BCUT2D eigenvalue weighted by Gasteiger charge is 2.49. The van der Waals surface area contributed by atoms with E-state index in [-0.39, 0.29) is 18.0 Å². The van der Waals surface area contributed by atoms with Gasteiger partial charge in [0.15, 0.2) is 0 Å². The summed E-state index contributed by atoms with van der Waals surface area (Å²) < 4.78 is 5.27. The van der Waals surface area contributed by atoms with Gasteiger partial charge in [-0.3, -0.25) is 14.5 Å². The molecule has 1 aromatic heterocycles. The predicted molar refractivity (Wildman–Crippen MR) is 124 cm³/mol. The van der Waals surface area contributed by atoms with Crippen molar-refractivity contribution in [2.75, 3.05) is 5.32 Å². The summed E-state index contributed by atoms with van der Waals surface area (Å²) >= 11 is 0. The van der Waals surface area contributed by atoms with E-state index in [0.717, 1.165) is 17.7 Å². The van der Waals surface area contributed by atoms with Crippen molar-refractivity contribution in [1.29, 1.82) is 0 Å². The van der Waals surface area contributed by atoms with Crippen molar-refractivity contribution in [2.45, 2.75) is 45.7 Å². The lowest BCUT2D eigenvalue weighted by atomic mass is 9.91. The molecule has 1 fully saturated rings. The first-order chi connectivity index (χ1) is 15.7. The van der Waals surface area contributed by atoms with Crippen LogP contribution in [-0.4, -0.2) is 22.7 Å². The van der Waals surface area contributed by atoms with E-state index in [1.165, 1.54) is 24.6 Å². The molecule has 1 aliphatic heterocycles. The molecule has 4 amide bonds. The average Bonchev–Trinajstić information content (AvgIpc) is 2.97. The van der Waals surface area contributed by atoms with Crippen LogP contribution in [0.25, 0.3) is 11.0 Å². The predicted octanol–water partition coefficient (Wildman–Crippen LogP) is 3.67. The van der Waals surface area contributed by atoms with Crippen molar-refractivity contribution in [3.05, 3.63) is 75.6 Å². The van der Waals surface area contributed by atoms with E-state index in [2.05, 4.69) is 17.6 Å². The molecule has 2 N–H and O–H groups in total. The number of nitrogens with one attached hydrogen (secondary N) is 2. The monoisotopic (exact) mass is 447 g/mol. The molecule has 0 bridgehead atoms. The first kappa shape index (κ1) is 22.3. The van der Waals surface area contributed by atoms with Crippen molar-refractivity contribution in [1.82, 2.24) is 10.2 Å². The van der Waals surface area contributed by atoms with Crippen LogP contribution >= 0.6 is 0 Å². The Morgan fingerprint density at radius 3 is 2.48 bits per heavy atom. The summed E-state index contributed by atoms with van der Waals surface area (Å²) in [5.41, 5.74) is 1.26. The minimum atomic E-state index is -1.20. The Labute approximate surface area is 190 Å². The van der Waals surface area contributed by atoms with Crippen LogP contribution in [0.1, 0.15) is 43.9 Å². The maximum absolute atomic E-state index is 13.3. The van der Waals surface area contributed by atoms with Crippen LogP contribution in [0.3, 0.4) is 0 Å². The van der Waals surface area contributed by atoms with Crippen LogP contribution in [0.2, 0.25) is 0 Å². The van der Waals surface area contributed by atoms with Gasteiger partial charge in [-0.1, -0.05) is 37.6 Å². The van der Waals surface area contributed by atoms with E-state index in [4.69, 9.17) is 4.42 Å². The molecule has 1 unspecified atom stereocenters. The van der Waals surface area contributed by atoms with Crippen LogP contribution in [0, 0.1) is 0 Å². The number of anilines is 1. The molecule has 0 aliphatic carbocycles. The molecule has 0 saturated carbocycles. The first-order valence-corrected chi connectivity index (χ1v) is 10.8. The van der Waals surface area contributed by atoms with Crippen LogP contribution in [0.5, 0.6) is 0 Å². The number of hydrogen-bond acceptors (Lipinski definition) is 5. The zero-order chi connectivity index (χ0) is 23.8. The summed E-state index contributed by atoms with van der Waals surface area (Å²) in [6.07, 6.45) is 1.96. The third kappa shape index (κ3) is 4.24. The van der Waals surface area contributed by atoms with Gasteiger partial charge in [-0.05, 0) is 42.2 Å². The van der Waals surface area contributed by atoms with Gasteiger partial charge >= 0.3 is 11.7 Å². The molecule has 1 saturated heterocycles. The first-order valence-electron chi connectivity index (χ1n) is 10.8. The number of nitrogens with zero attached hydrogens (tertiary/aromatic N) is 1. The Balaban J connectivity index is 1.65. The van der Waals surface area contributed by atoms with Gasteiger partial charge < -0.3 is 15.1 Å². The number of aryl methyl sites for hydroxylation is 1. The second-order valence-electron chi connectivity index (χ2n) is 8.38. The molecule has 0 radical (unpaired) electrons. The molecule has 8 nitrogen and oxygen atoms in total. The number of rotatable bonds is 6. The zero-order valence-electron chi connectivity index (χ0n) is 18.7. The molecule has 2 heterocycles. The second kappa shape index (κ2) is 8.54. The Hall–Kier alpha value is -3.94. The summed E-state index contributed by atoms with van der Waals surface area (Å²) in [6, 6.07) is 13.3. The second-order valence-corrected chi connectivity index (χ2v) is 8.38. The van der Waals surface area contributed by atoms with Crippen LogP contribution < -0.4 is 16.3 Å². The quantitative estimate of drug-likeness (QED) is 0.443. The number of carbonyl (C=O) groups excluding carboxylic acids is 3. The molecule has 4 rings (SSSR count). The zero-order valence-corrected chi connectivity index (χ0v) is 18.7. The normalized spacial score (nSPS) is 18.0. The van der Waals surface area contributed by atoms with Gasteiger partial charge in [-0.2, -0.15) is 0 Å². The van der Waals surface area contributed by atoms with E-state index < -0.39 is 23.1 Å². The van der Waals surface area contributed by atoms with E-state index in [1.807, 2.05) is 24.3 Å². The Morgan fingerprint density at radius 1 is 1.09 bits per heavy atom. The largest absolute Gasteiger partial charge is 0.423 e. The van der Waals surface area contributed by atoms with E-state index in [9.17, 15) is 19.2 Å². The standard InChI is InChI=1S/C25H25N3O5/c1-4-5-16-6-8-18(9-7-16)25(3)23(31)28(24(32)27-25)14-17-12-22(30)33-21-13-19(26-15(2)29)10-11-20(17)21/h6-13H,4-5,14H2,1-3H3,(H,26,29)(H,27,32). The molecule has 3 aromatic rings. The Bertz CT molecular complexity index is 1310. The summed E-state index contributed by atoms with van der Waals surface area (Å²) in [7, 11) is 0. The molecular weight excluding hydrogens is 422 g/mol. The summed E-state index contributed by atoms with van der Waals surface area (Å²) in [5, 5.41) is 6.01. The molecule has 1 aliphatic rings. The lowest BCUT2D eigenvalue weighted by molar-refractivity contribution is -0.131. The van der Waals surface area contributed by atoms with Crippen LogP contribution in [0.15, 0.2) is 57.7 Å². The number of benzene rings is 2. The number of urea groups is 1. The van der Waals surface area contributed by atoms with Crippen molar-refractivity contribution in [3.8, 4) is 0 Å². The van der Waals surface area contributed by atoms with Gasteiger partial charge in [0.2, 0.25) is 5.91 Å². The van der Waals surface area contributed by atoms with Crippen molar-refractivity contribution in [2.24, 2.45) is 0 Å². The molecule has 33 heavy (non-hydrogen) atoms. The Morgan fingerprint density at radius 2 is 1.82 bits per heavy atom. The highest BCUT2D eigenvalue weighted by molar-refractivity contribution is 6.07. The molecule has 1 atom stereocenters. The van der Waals surface area contributed by atoms with Crippen molar-refractivity contribution in [3.63, 3.8) is 0 Å². The minimum absolute atomic E-state index is 0.0875. The lowest BCUT2D eigenvalue weighted by Gasteiger charge is -2.22. The van der Waals surface area contributed by atoms with Crippen molar-refractivity contribution < 1.29 is 18.8 Å². The smallest absolute Gasteiger partial charge is 0.336 e. The number of imide groups is 1. The fourth-order valence-electron chi connectivity index (χ4n) is 4.14. The summed E-state index contributed by atoms with van der Waals surface area (Å²) in [4.78, 5) is 50.7. The molecule has 8 heteroatoms. The highest BCUT2D eigenvalue weighted by atomic mass is 16.4.